The number of nitrogens with one attached hydrogen (secondary N) is 2. The maximum atomic E-state index is 11.1. The monoisotopic (exact) mass is 187 g/mol. The van der Waals surface area contributed by atoms with Gasteiger partial charge in [0.2, 0.25) is 11.8 Å². The molecule has 0 unspecified atom stereocenters. The first-order valence-corrected chi connectivity index (χ1v) is 4.32. The van der Waals surface area contributed by atoms with Gasteiger partial charge in [-0.3, -0.25) is 9.59 Å². The van der Waals surface area contributed by atoms with Crippen molar-refractivity contribution in [1.82, 2.24) is 10.6 Å². The lowest BCUT2D eigenvalue weighted by Gasteiger charge is -2.14. The number of carbonyl (C=O) groups is 2. The van der Waals surface area contributed by atoms with Crippen LogP contribution in [0.25, 0.3) is 0 Å². The number of carbonyl (C=O) groups excluding carboxylic acids is 2. The largest absolute Gasteiger partial charge is 0.355 e. The van der Waals surface area contributed by atoms with Crippen LogP contribution in [0.15, 0.2) is 0 Å². The zero-order valence-electron chi connectivity index (χ0n) is 8.26. The summed E-state index contributed by atoms with van der Waals surface area (Å²) in [7, 11) is 0. The summed E-state index contributed by atoms with van der Waals surface area (Å²) in [6, 6.07) is -1.12. The zero-order chi connectivity index (χ0) is 10.4. The van der Waals surface area contributed by atoms with E-state index in [1.54, 1.807) is 13.8 Å². The van der Waals surface area contributed by atoms with Gasteiger partial charge in [0.25, 0.3) is 0 Å². The molecule has 0 saturated carbocycles. The van der Waals surface area contributed by atoms with Gasteiger partial charge in [0.1, 0.15) is 6.04 Å². The second-order valence-electron chi connectivity index (χ2n) is 2.91. The Morgan fingerprint density at radius 3 is 2.23 bits per heavy atom. The van der Waals surface area contributed by atoms with E-state index in [4.69, 9.17) is 5.73 Å². The molecule has 2 atom stereocenters. The first-order chi connectivity index (χ1) is 5.99. The van der Waals surface area contributed by atoms with Crippen molar-refractivity contribution in [3.8, 4) is 0 Å². The molecule has 0 heterocycles. The van der Waals surface area contributed by atoms with Crippen LogP contribution >= 0.6 is 0 Å². The predicted molar refractivity (Wildman–Crippen MR) is 49.9 cm³/mol. The maximum Gasteiger partial charge on any atom is 0.242 e. The summed E-state index contributed by atoms with van der Waals surface area (Å²) in [5.41, 5.74) is 5.31. The SMILES string of the molecule is CCNC(=O)[C@H](C)NC(=O)[C@H](C)N. The van der Waals surface area contributed by atoms with Crippen LogP contribution in [0.3, 0.4) is 0 Å². The van der Waals surface area contributed by atoms with Crippen LogP contribution in [0.5, 0.6) is 0 Å². The third-order valence-corrected chi connectivity index (χ3v) is 1.52. The molecule has 0 spiro atoms. The van der Waals surface area contributed by atoms with Crippen LogP contribution in [-0.4, -0.2) is 30.4 Å². The molecule has 5 nitrogen and oxygen atoms in total. The van der Waals surface area contributed by atoms with Crippen molar-refractivity contribution in [3.63, 3.8) is 0 Å². The lowest BCUT2D eigenvalue weighted by molar-refractivity contribution is -0.128. The molecule has 0 bridgehead atoms. The first-order valence-electron chi connectivity index (χ1n) is 4.32. The fraction of sp³-hybridized carbons (Fsp3) is 0.750. The van der Waals surface area contributed by atoms with Crippen molar-refractivity contribution in [3.05, 3.63) is 0 Å². The van der Waals surface area contributed by atoms with Crippen LogP contribution in [-0.2, 0) is 9.59 Å². The van der Waals surface area contributed by atoms with E-state index < -0.39 is 12.1 Å². The molecule has 0 radical (unpaired) electrons. The minimum absolute atomic E-state index is 0.198. The third kappa shape index (κ3) is 4.47. The van der Waals surface area contributed by atoms with Gasteiger partial charge in [-0.2, -0.15) is 0 Å². The van der Waals surface area contributed by atoms with E-state index in [9.17, 15) is 9.59 Å². The summed E-state index contributed by atoms with van der Waals surface area (Å²) in [5, 5.41) is 5.08. The molecule has 0 aromatic rings. The van der Waals surface area contributed by atoms with Gasteiger partial charge in [-0.25, -0.2) is 0 Å². The Hall–Kier alpha value is -1.10. The molecule has 0 aromatic carbocycles. The highest BCUT2D eigenvalue weighted by Crippen LogP contribution is 1.84. The summed E-state index contributed by atoms with van der Waals surface area (Å²) >= 11 is 0. The molecule has 0 aliphatic carbocycles. The van der Waals surface area contributed by atoms with E-state index in [0.717, 1.165) is 0 Å². The molecule has 4 N–H and O–H groups in total. The normalized spacial score (nSPS) is 14.5. The standard InChI is InChI=1S/C8H17N3O2/c1-4-10-8(13)6(3)11-7(12)5(2)9/h5-6H,4,9H2,1-3H3,(H,10,13)(H,11,12)/t5-,6-/m0/s1. The summed E-state index contributed by atoms with van der Waals surface area (Å²) < 4.78 is 0. The summed E-state index contributed by atoms with van der Waals surface area (Å²) in [4.78, 5) is 22.2. The first kappa shape index (κ1) is 11.9. The van der Waals surface area contributed by atoms with Gasteiger partial charge in [-0.1, -0.05) is 0 Å². The van der Waals surface area contributed by atoms with E-state index in [1.165, 1.54) is 0 Å². The second-order valence-corrected chi connectivity index (χ2v) is 2.91. The Balaban J connectivity index is 3.92. The van der Waals surface area contributed by atoms with E-state index >= 15 is 0 Å². The molecular weight excluding hydrogens is 170 g/mol. The van der Waals surface area contributed by atoms with Gasteiger partial charge in [-0.15, -0.1) is 0 Å². The molecule has 0 rings (SSSR count). The number of rotatable bonds is 4. The van der Waals surface area contributed by atoms with E-state index in [-0.39, 0.29) is 11.8 Å². The minimum Gasteiger partial charge on any atom is -0.355 e. The van der Waals surface area contributed by atoms with Crippen LogP contribution < -0.4 is 16.4 Å². The Morgan fingerprint density at radius 1 is 1.31 bits per heavy atom. The summed E-state index contributed by atoms with van der Waals surface area (Å²) in [5.74, 6) is -0.518. The highest BCUT2D eigenvalue weighted by molar-refractivity contribution is 5.89. The van der Waals surface area contributed by atoms with Gasteiger partial charge >= 0.3 is 0 Å². The number of hydrogen-bond acceptors (Lipinski definition) is 3. The average Bonchev–Trinajstić information content (AvgIpc) is 2.04. The number of likely N-dealkylation sites (N-methyl/N-ethyl adjacent to an activating group) is 1. The summed E-state index contributed by atoms with van der Waals surface area (Å²) in [6.07, 6.45) is 0. The van der Waals surface area contributed by atoms with E-state index in [2.05, 4.69) is 10.6 Å². The van der Waals surface area contributed by atoms with Crippen molar-refractivity contribution < 1.29 is 9.59 Å². The second kappa shape index (κ2) is 5.53. The molecule has 0 aromatic heterocycles. The van der Waals surface area contributed by atoms with Crippen LogP contribution in [0.2, 0.25) is 0 Å². The van der Waals surface area contributed by atoms with Gasteiger partial charge < -0.3 is 16.4 Å². The van der Waals surface area contributed by atoms with Gasteiger partial charge in [0.15, 0.2) is 0 Å². The Kier molecular flexibility index (Phi) is 5.06. The van der Waals surface area contributed by atoms with Crippen molar-refractivity contribution >= 4 is 11.8 Å². The fourth-order valence-corrected chi connectivity index (χ4v) is 0.738. The van der Waals surface area contributed by atoms with Gasteiger partial charge in [0, 0.05) is 6.54 Å². The molecule has 76 valence electrons. The molecule has 0 fully saturated rings. The molecule has 0 aliphatic heterocycles. The minimum atomic E-state index is -0.586. The van der Waals surface area contributed by atoms with Crippen LogP contribution in [0, 0.1) is 0 Å². The highest BCUT2D eigenvalue weighted by Gasteiger charge is 2.16. The summed E-state index contributed by atoms with van der Waals surface area (Å²) in [6.45, 7) is 5.56. The van der Waals surface area contributed by atoms with Crippen LogP contribution in [0.4, 0.5) is 0 Å². The number of amides is 2. The molecule has 2 amide bonds. The smallest absolute Gasteiger partial charge is 0.242 e. The van der Waals surface area contributed by atoms with E-state index in [1.807, 2.05) is 6.92 Å². The van der Waals surface area contributed by atoms with E-state index in [0.29, 0.717) is 6.54 Å². The predicted octanol–water partition coefficient (Wildman–Crippen LogP) is -1.03. The van der Waals surface area contributed by atoms with Crippen molar-refractivity contribution in [1.29, 1.82) is 0 Å². The Labute approximate surface area is 78.1 Å². The zero-order valence-corrected chi connectivity index (χ0v) is 8.26. The third-order valence-electron chi connectivity index (χ3n) is 1.52. The number of hydrogen-bond donors (Lipinski definition) is 3. The Bertz CT molecular complexity index is 192. The molecular formula is C8H17N3O2. The average molecular weight is 187 g/mol. The maximum absolute atomic E-state index is 11.1. The molecule has 13 heavy (non-hydrogen) atoms. The molecule has 0 aliphatic rings. The molecule has 0 saturated heterocycles. The van der Waals surface area contributed by atoms with Crippen molar-refractivity contribution in [2.24, 2.45) is 5.73 Å². The van der Waals surface area contributed by atoms with Crippen LogP contribution in [0.1, 0.15) is 20.8 Å². The van der Waals surface area contributed by atoms with Crippen molar-refractivity contribution in [2.75, 3.05) is 6.54 Å². The van der Waals surface area contributed by atoms with Crippen molar-refractivity contribution in [2.45, 2.75) is 32.9 Å². The highest BCUT2D eigenvalue weighted by atomic mass is 16.2. The molecule has 5 heteroatoms. The number of nitrogens with two attached hydrogens (primary N) is 1. The fourth-order valence-electron chi connectivity index (χ4n) is 0.738. The lowest BCUT2D eigenvalue weighted by Crippen LogP contribution is -2.49. The Morgan fingerprint density at radius 2 is 1.85 bits per heavy atom. The van der Waals surface area contributed by atoms with Gasteiger partial charge in [0.05, 0.1) is 6.04 Å². The lowest BCUT2D eigenvalue weighted by atomic mass is 10.2. The van der Waals surface area contributed by atoms with Gasteiger partial charge in [-0.05, 0) is 20.8 Å². The topological polar surface area (TPSA) is 84.2 Å². The quantitative estimate of drug-likeness (QED) is 0.526.